The van der Waals surface area contributed by atoms with Crippen molar-refractivity contribution in [3.63, 3.8) is 0 Å². The predicted octanol–water partition coefficient (Wildman–Crippen LogP) is 1.27. The van der Waals surface area contributed by atoms with Gasteiger partial charge >= 0.3 is 10.2 Å². The van der Waals surface area contributed by atoms with Gasteiger partial charge in [0.25, 0.3) is 5.69 Å². The van der Waals surface area contributed by atoms with Crippen LogP contribution in [0.3, 0.4) is 0 Å². The van der Waals surface area contributed by atoms with E-state index in [9.17, 15) is 22.4 Å². The minimum atomic E-state index is -5.21. The molecule has 9 heteroatoms. The van der Waals surface area contributed by atoms with Crippen LogP contribution in [0.2, 0.25) is 0 Å². The van der Waals surface area contributed by atoms with Gasteiger partial charge in [-0.15, -0.1) is 3.89 Å². The summed E-state index contributed by atoms with van der Waals surface area (Å²) in [6.07, 6.45) is 0. The molecule has 0 N–H and O–H groups in total. The quantitative estimate of drug-likeness (QED) is 0.462. The van der Waals surface area contributed by atoms with Crippen molar-refractivity contribution in [2.45, 2.75) is 4.90 Å². The summed E-state index contributed by atoms with van der Waals surface area (Å²) >= 11 is 0. The number of nitrogens with zero attached hydrogens (tertiary/aromatic N) is 1. The first-order valence-electron chi connectivity index (χ1n) is 4.16. The summed E-state index contributed by atoms with van der Waals surface area (Å²) in [5.41, 5.74) is -0.912. The lowest BCUT2D eigenvalue weighted by Gasteiger charge is -2.08. The van der Waals surface area contributed by atoms with E-state index in [0.717, 1.165) is 6.07 Å². The molecule has 0 heterocycles. The third-order valence-electron chi connectivity index (χ3n) is 1.92. The lowest BCUT2D eigenvalue weighted by atomic mass is 10.3. The highest BCUT2D eigenvalue weighted by Crippen LogP contribution is 2.37. The molecule has 7 nitrogen and oxygen atoms in total. The van der Waals surface area contributed by atoms with E-state index in [-0.39, 0.29) is 11.5 Å². The molecule has 0 spiro atoms. The van der Waals surface area contributed by atoms with Crippen molar-refractivity contribution in [1.29, 1.82) is 0 Å². The summed E-state index contributed by atoms with van der Waals surface area (Å²) in [5.74, 6) is -0.180. The van der Waals surface area contributed by atoms with E-state index < -0.39 is 25.7 Å². The van der Waals surface area contributed by atoms with E-state index in [2.05, 4.69) is 0 Å². The first-order valence-corrected chi connectivity index (χ1v) is 5.54. The Balaban J connectivity index is 3.64. The molecule has 0 aliphatic heterocycles. The van der Waals surface area contributed by atoms with E-state index in [1.165, 1.54) is 14.2 Å². The lowest BCUT2D eigenvalue weighted by Crippen LogP contribution is -2.02. The molecule has 17 heavy (non-hydrogen) atoms. The number of nitro groups is 1. The van der Waals surface area contributed by atoms with Gasteiger partial charge in [-0.3, -0.25) is 10.1 Å². The normalized spacial score (nSPS) is 11.0. The van der Waals surface area contributed by atoms with Crippen LogP contribution in [0.5, 0.6) is 11.5 Å². The van der Waals surface area contributed by atoms with Crippen LogP contribution >= 0.6 is 0 Å². The van der Waals surface area contributed by atoms with Gasteiger partial charge in [0.05, 0.1) is 25.2 Å². The Morgan fingerprint density at radius 2 is 1.71 bits per heavy atom. The summed E-state index contributed by atoms with van der Waals surface area (Å²) < 4.78 is 43.9. The number of halogens is 1. The van der Waals surface area contributed by atoms with Crippen LogP contribution < -0.4 is 9.47 Å². The molecule has 0 bridgehead atoms. The fraction of sp³-hybridized carbons (Fsp3) is 0.250. The van der Waals surface area contributed by atoms with Gasteiger partial charge in [0.15, 0.2) is 16.4 Å². The Hall–Kier alpha value is -1.90. The first-order chi connectivity index (χ1) is 7.81. The zero-order valence-corrected chi connectivity index (χ0v) is 9.65. The van der Waals surface area contributed by atoms with Crippen molar-refractivity contribution in [2.75, 3.05) is 14.2 Å². The van der Waals surface area contributed by atoms with E-state index in [1.54, 1.807) is 0 Å². The number of nitro benzene ring substituents is 1. The van der Waals surface area contributed by atoms with Crippen molar-refractivity contribution < 1.29 is 26.7 Å². The van der Waals surface area contributed by atoms with E-state index >= 15 is 0 Å². The van der Waals surface area contributed by atoms with Gasteiger partial charge in [-0.05, 0) is 0 Å². The molecule has 0 radical (unpaired) electrons. The zero-order valence-electron chi connectivity index (χ0n) is 8.84. The van der Waals surface area contributed by atoms with Crippen molar-refractivity contribution in [3.8, 4) is 11.5 Å². The van der Waals surface area contributed by atoms with Crippen molar-refractivity contribution in [2.24, 2.45) is 0 Å². The van der Waals surface area contributed by atoms with Gasteiger partial charge in [-0.1, -0.05) is 0 Å². The first kappa shape index (κ1) is 13.2. The average molecular weight is 265 g/mol. The number of benzene rings is 1. The Kier molecular flexibility index (Phi) is 3.51. The molecule has 1 aromatic rings. The van der Waals surface area contributed by atoms with Crippen molar-refractivity contribution in [1.82, 2.24) is 0 Å². The highest BCUT2D eigenvalue weighted by molar-refractivity contribution is 7.86. The molecule has 0 aliphatic rings. The van der Waals surface area contributed by atoms with Gasteiger partial charge < -0.3 is 9.47 Å². The van der Waals surface area contributed by atoms with Gasteiger partial charge in [-0.25, -0.2) is 0 Å². The largest absolute Gasteiger partial charge is 0.493 e. The van der Waals surface area contributed by atoms with Gasteiger partial charge in [0, 0.05) is 6.07 Å². The smallest absolute Gasteiger partial charge is 0.339 e. The van der Waals surface area contributed by atoms with Crippen LogP contribution in [-0.4, -0.2) is 27.6 Å². The van der Waals surface area contributed by atoms with Crippen molar-refractivity contribution in [3.05, 3.63) is 22.2 Å². The predicted molar refractivity (Wildman–Crippen MR) is 54.5 cm³/mol. The van der Waals surface area contributed by atoms with E-state index in [4.69, 9.17) is 9.47 Å². The second-order valence-electron chi connectivity index (χ2n) is 2.87. The Morgan fingerprint density at radius 3 is 2.06 bits per heavy atom. The molecular formula is C8H8FNO6S. The van der Waals surface area contributed by atoms with Gasteiger partial charge in [0.1, 0.15) is 0 Å². The number of hydrogen-bond acceptors (Lipinski definition) is 6. The lowest BCUT2D eigenvalue weighted by molar-refractivity contribution is -0.388. The SMILES string of the molecule is COc1cc([N+](=O)[O-])c(S(=O)(=O)F)cc1OC. The van der Waals surface area contributed by atoms with Crippen LogP contribution in [0.25, 0.3) is 0 Å². The maximum atomic E-state index is 12.9. The minimum Gasteiger partial charge on any atom is -0.493 e. The monoisotopic (exact) mass is 265 g/mol. The molecule has 0 saturated carbocycles. The molecule has 0 atom stereocenters. The summed E-state index contributed by atoms with van der Waals surface area (Å²) in [6, 6.07) is 1.48. The summed E-state index contributed by atoms with van der Waals surface area (Å²) in [6.45, 7) is 0. The fourth-order valence-electron chi connectivity index (χ4n) is 1.19. The molecule has 1 rings (SSSR count). The van der Waals surface area contributed by atoms with Crippen molar-refractivity contribution >= 4 is 15.9 Å². The van der Waals surface area contributed by atoms with Crippen LogP contribution in [0.4, 0.5) is 9.57 Å². The fourth-order valence-corrected chi connectivity index (χ4v) is 1.82. The molecular weight excluding hydrogens is 257 g/mol. The third-order valence-corrected chi connectivity index (χ3v) is 2.78. The summed E-state index contributed by atoms with van der Waals surface area (Å²) in [4.78, 5) is 8.53. The molecule has 94 valence electrons. The standard InChI is InChI=1S/C8H8FNO6S/c1-15-6-3-5(10(11)12)8(17(9,13)14)4-7(6)16-2/h3-4H,1-2H3. The van der Waals surface area contributed by atoms with Gasteiger partial charge in [0.2, 0.25) is 0 Å². The maximum absolute atomic E-state index is 12.9. The second-order valence-corrected chi connectivity index (χ2v) is 4.19. The molecule has 0 aromatic heterocycles. The maximum Gasteiger partial charge on any atom is 0.339 e. The molecule has 0 saturated heterocycles. The highest BCUT2D eigenvalue weighted by atomic mass is 32.3. The zero-order chi connectivity index (χ0) is 13.2. The van der Waals surface area contributed by atoms with Crippen LogP contribution in [-0.2, 0) is 10.2 Å². The number of methoxy groups -OCH3 is 2. The average Bonchev–Trinajstić information content (AvgIpc) is 2.25. The van der Waals surface area contributed by atoms with Crippen LogP contribution in [0.1, 0.15) is 0 Å². The Morgan fingerprint density at radius 1 is 1.24 bits per heavy atom. The number of hydrogen-bond donors (Lipinski definition) is 0. The molecule has 1 aromatic carbocycles. The highest BCUT2D eigenvalue weighted by Gasteiger charge is 2.28. The van der Waals surface area contributed by atoms with Gasteiger partial charge in [-0.2, -0.15) is 8.42 Å². The minimum absolute atomic E-state index is 0.0633. The molecule has 0 amide bonds. The molecule has 0 unspecified atom stereocenters. The number of rotatable bonds is 4. The van der Waals surface area contributed by atoms with Crippen LogP contribution in [0, 0.1) is 10.1 Å². The summed E-state index contributed by atoms with van der Waals surface area (Å²) in [7, 11) is -2.81. The molecule has 0 fully saturated rings. The third kappa shape index (κ3) is 2.61. The topological polar surface area (TPSA) is 95.7 Å². The number of ether oxygens (including phenoxy) is 2. The van der Waals surface area contributed by atoms with E-state index in [1.807, 2.05) is 0 Å². The Bertz CT molecular complexity index is 555. The summed E-state index contributed by atoms with van der Waals surface area (Å²) in [5, 5.41) is 10.6. The van der Waals surface area contributed by atoms with Crippen LogP contribution in [0.15, 0.2) is 17.0 Å². The molecule has 0 aliphatic carbocycles. The Labute approximate surface area is 96.1 Å². The second kappa shape index (κ2) is 4.53. The van der Waals surface area contributed by atoms with E-state index in [0.29, 0.717) is 6.07 Å².